The molecule has 0 bridgehead atoms. The fraction of sp³-hybridized carbons (Fsp3) is 0.333. The van der Waals surface area contributed by atoms with Gasteiger partial charge in [-0.2, -0.15) is 0 Å². The molecule has 0 aliphatic carbocycles. The van der Waals surface area contributed by atoms with E-state index in [0.29, 0.717) is 10.6 Å². The number of benzene rings is 1. The average molecular weight is 287 g/mol. The van der Waals surface area contributed by atoms with E-state index in [0.717, 1.165) is 0 Å². The minimum absolute atomic E-state index is 0.00394. The minimum Gasteiger partial charge on any atom is -0.467 e. The van der Waals surface area contributed by atoms with Crippen LogP contribution in [0.4, 0.5) is 4.79 Å². The summed E-state index contributed by atoms with van der Waals surface area (Å²) in [7, 11) is 1.21. The van der Waals surface area contributed by atoms with Crippen LogP contribution in [0.5, 0.6) is 0 Å². The molecule has 1 amide bonds. The third kappa shape index (κ3) is 4.76. The number of ether oxygens (including phenoxy) is 2. The molecule has 19 heavy (non-hydrogen) atoms. The maximum atomic E-state index is 11.5. The van der Waals surface area contributed by atoms with Gasteiger partial charge in [-0.1, -0.05) is 29.8 Å². The van der Waals surface area contributed by atoms with Crippen molar-refractivity contribution in [3.05, 3.63) is 34.9 Å². The topological polar surface area (TPSA) is 90.6 Å². The Morgan fingerprint density at radius 1 is 1.42 bits per heavy atom. The quantitative estimate of drug-likeness (QED) is 0.790. The number of nitrogens with two attached hydrogens (primary N) is 1. The largest absolute Gasteiger partial charge is 0.467 e. The van der Waals surface area contributed by atoms with Gasteiger partial charge < -0.3 is 20.5 Å². The Labute approximate surface area is 115 Å². The van der Waals surface area contributed by atoms with Crippen LogP contribution in [-0.2, 0) is 20.9 Å². The van der Waals surface area contributed by atoms with Gasteiger partial charge in [0.05, 0.1) is 7.11 Å². The molecule has 0 saturated heterocycles. The highest BCUT2D eigenvalue weighted by Crippen LogP contribution is 2.15. The number of hydrogen-bond donors (Lipinski definition) is 2. The van der Waals surface area contributed by atoms with Crippen LogP contribution >= 0.6 is 11.6 Å². The van der Waals surface area contributed by atoms with Gasteiger partial charge >= 0.3 is 12.1 Å². The molecule has 1 atom stereocenters. The first-order chi connectivity index (χ1) is 9.08. The van der Waals surface area contributed by atoms with Crippen LogP contribution in [0.3, 0.4) is 0 Å². The first-order valence-corrected chi connectivity index (χ1v) is 5.91. The maximum Gasteiger partial charge on any atom is 0.408 e. The van der Waals surface area contributed by atoms with Crippen molar-refractivity contribution in [2.45, 2.75) is 12.6 Å². The lowest BCUT2D eigenvalue weighted by Gasteiger charge is -2.14. The average Bonchev–Trinajstić information content (AvgIpc) is 2.43. The van der Waals surface area contributed by atoms with Crippen molar-refractivity contribution in [2.24, 2.45) is 5.73 Å². The summed E-state index contributed by atoms with van der Waals surface area (Å²) in [5.74, 6) is -0.628. The number of alkyl carbamates (subject to hydrolysis) is 1. The lowest BCUT2D eigenvalue weighted by Crippen LogP contribution is -2.46. The van der Waals surface area contributed by atoms with Crippen LogP contribution in [0.15, 0.2) is 24.3 Å². The Hall–Kier alpha value is -1.79. The van der Waals surface area contributed by atoms with Crippen LogP contribution < -0.4 is 11.1 Å². The minimum atomic E-state index is -0.927. The maximum absolute atomic E-state index is 11.5. The van der Waals surface area contributed by atoms with Crippen molar-refractivity contribution in [3.8, 4) is 0 Å². The number of halogens is 1. The molecule has 0 fully saturated rings. The molecule has 0 heterocycles. The van der Waals surface area contributed by atoms with E-state index in [1.54, 1.807) is 24.3 Å². The lowest BCUT2D eigenvalue weighted by molar-refractivity contribution is -0.142. The summed E-state index contributed by atoms with van der Waals surface area (Å²) in [6, 6.07) is 6.04. The Morgan fingerprint density at radius 3 is 2.68 bits per heavy atom. The Balaban J connectivity index is 2.48. The van der Waals surface area contributed by atoms with Gasteiger partial charge in [0.15, 0.2) is 0 Å². The Morgan fingerprint density at radius 2 is 2.11 bits per heavy atom. The fourth-order valence-electron chi connectivity index (χ4n) is 1.30. The molecule has 104 valence electrons. The highest BCUT2D eigenvalue weighted by molar-refractivity contribution is 6.31. The Kier molecular flexibility index (Phi) is 6.11. The van der Waals surface area contributed by atoms with Gasteiger partial charge in [0.25, 0.3) is 0 Å². The van der Waals surface area contributed by atoms with Gasteiger partial charge in [0, 0.05) is 17.1 Å². The highest BCUT2D eigenvalue weighted by atomic mass is 35.5. The second kappa shape index (κ2) is 7.60. The number of methoxy groups -OCH3 is 1. The number of carbonyl (C=O) groups excluding carboxylic acids is 2. The summed E-state index contributed by atoms with van der Waals surface area (Å²) in [6.07, 6.45) is -0.763. The first kappa shape index (κ1) is 15.3. The highest BCUT2D eigenvalue weighted by Gasteiger charge is 2.20. The molecule has 1 aromatic rings. The molecule has 6 nitrogen and oxygen atoms in total. The van der Waals surface area contributed by atoms with Gasteiger partial charge in [0.1, 0.15) is 12.6 Å². The smallest absolute Gasteiger partial charge is 0.408 e. The van der Waals surface area contributed by atoms with Crippen molar-refractivity contribution in [2.75, 3.05) is 13.7 Å². The SMILES string of the molecule is COC(=O)[C@H](CN)NC(=O)OCc1ccccc1Cl. The predicted molar refractivity (Wildman–Crippen MR) is 69.6 cm³/mol. The normalized spacial score (nSPS) is 11.5. The number of esters is 1. The van der Waals surface area contributed by atoms with E-state index in [2.05, 4.69) is 10.1 Å². The molecule has 0 saturated carbocycles. The molecule has 7 heteroatoms. The fourth-order valence-corrected chi connectivity index (χ4v) is 1.49. The molecular weight excluding hydrogens is 272 g/mol. The predicted octanol–water partition coefficient (Wildman–Crippen LogP) is 1.07. The second-order valence-corrected chi connectivity index (χ2v) is 4.03. The third-order valence-electron chi connectivity index (χ3n) is 2.33. The van der Waals surface area contributed by atoms with E-state index in [-0.39, 0.29) is 13.2 Å². The van der Waals surface area contributed by atoms with E-state index in [4.69, 9.17) is 22.1 Å². The van der Waals surface area contributed by atoms with Crippen molar-refractivity contribution in [3.63, 3.8) is 0 Å². The Bertz CT molecular complexity index is 453. The zero-order valence-corrected chi connectivity index (χ0v) is 11.1. The molecule has 0 spiro atoms. The van der Waals surface area contributed by atoms with Crippen molar-refractivity contribution >= 4 is 23.7 Å². The standard InChI is InChI=1S/C12H15ClN2O4/c1-18-11(16)10(6-14)15-12(17)19-7-8-4-2-3-5-9(8)13/h2-5,10H,6-7,14H2,1H3,(H,15,17)/t10-/m0/s1. The summed E-state index contributed by atoms with van der Waals surface area (Å²) in [4.78, 5) is 22.7. The number of hydrogen-bond acceptors (Lipinski definition) is 5. The molecule has 0 unspecified atom stereocenters. The molecular formula is C12H15ClN2O4. The monoisotopic (exact) mass is 286 g/mol. The summed E-state index contributed by atoms with van der Waals surface area (Å²) >= 11 is 5.91. The van der Waals surface area contributed by atoms with Crippen molar-refractivity contribution in [1.29, 1.82) is 0 Å². The van der Waals surface area contributed by atoms with Gasteiger partial charge in [-0.3, -0.25) is 0 Å². The number of nitrogens with one attached hydrogen (secondary N) is 1. The number of rotatable bonds is 5. The van der Waals surface area contributed by atoms with E-state index in [1.165, 1.54) is 7.11 Å². The second-order valence-electron chi connectivity index (χ2n) is 3.62. The van der Waals surface area contributed by atoms with E-state index < -0.39 is 18.1 Å². The summed E-state index contributed by atoms with van der Waals surface area (Å²) < 4.78 is 9.41. The van der Waals surface area contributed by atoms with Crippen LogP contribution in [0.25, 0.3) is 0 Å². The zero-order valence-electron chi connectivity index (χ0n) is 10.4. The van der Waals surface area contributed by atoms with Crippen LogP contribution in [0.1, 0.15) is 5.56 Å². The molecule has 1 aromatic carbocycles. The molecule has 3 N–H and O–H groups in total. The van der Waals surface area contributed by atoms with Crippen LogP contribution in [0, 0.1) is 0 Å². The van der Waals surface area contributed by atoms with Gasteiger partial charge in [-0.05, 0) is 6.07 Å². The summed E-state index contributed by atoms with van der Waals surface area (Å²) in [5.41, 5.74) is 6.00. The van der Waals surface area contributed by atoms with Crippen LogP contribution in [0.2, 0.25) is 5.02 Å². The molecule has 0 aliphatic heterocycles. The van der Waals surface area contributed by atoms with Crippen molar-refractivity contribution in [1.82, 2.24) is 5.32 Å². The van der Waals surface area contributed by atoms with Gasteiger partial charge in [0.2, 0.25) is 0 Å². The van der Waals surface area contributed by atoms with E-state index >= 15 is 0 Å². The molecule has 0 radical (unpaired) electrons. The third-order valence-corrected chi connectivity index (χ3v) is 2.70. The van der Waals surface area contributed by atoms with Crippen LogP contribution in [-0.4, -0.2) is 31.8 Å². The lowest BCUT2D eigenvalue weighted by atomic mass is 10.2. The van der Waals surface area contributed by atoms with E-state index in [1.807, 2.05) is 0 Å². The summed E-state index contributed by atoms with van der Waals surface area (Å²) in [6.45, 7) is -0.0716. The van der Waals surface area contributed by atoms with Gasteiger partial charge in [-0.25, -0.2) is 9.59 Å². The number of amides is 1. The van der Waals surface area contributed by atoms with E-state index in [9.17, 15) is 9.59 Å². The van der Waals surface area contributed by atoms with Crippen molar-refractivity contribution < 1.29 is 19.1 Å². The molecule has 0 aromatic heterocycles. The number of carbonyl (C=O) groups is 2. The van der Waals surface area contributed by atoms with Gasteiger partial charge in [-0.15, -0.1) is 0 Å². The summed E-state index contributed by atoms with van der Waals surface area (Å²) in [5, 5.41) is 2.80. The zero-order chi connectivity index (χ0) is 14.3. The molecule has 1 rings (SSSR count). The first-order valence-electron chi connectivity index (χ1n) is 5.53. The molecule has 0 aliphatic rings.